The summed E-state index contributed by atoms with van der Waals surface area (Å²) in [5, 5.41) is 10.7. The first-order chi connectivity index (χ1) is 28.2. The van der Waals surface area contributed by atoms with Crippen LogP contribution in [0.1, 0.15) is 23.7 Å². The van der Waals surface area contributed by atoms with Gasteiger partial charge in [0.25, 0.3) is 0 Å². The van der Waals surface area contributed by atoms with Crippen LogP contribution < -0.4 is 5.32 Å². The Morgan fingerprint density at radius 2 is 1.23 bits per heavy atom. The fourth-order valence-electron chi connectivity index (χ4n) is 8.98. The first kappa shape index (κ1) is 31.9. The summed E-state index contributed by atoms with van der Waals surface area (Å²) in [5.41, 5.74) is 10.6. The smallest absolute Gasteiger partial charge is 0.159 e. The summed E-state index contributed by atoms with van der Waals surface area (Å²) >= 11 is 0. The molecule has 7 aromatic carbocycles. The molecule has 1 aliphatic carbocycles. The fourth-order valence-corrected chi connectivity index (χ4v) is 8.98. The highest BCUT2D eigenvalue weighted by molar-refractivity contribution is 6.19. The molecule has 0 spiro atoms. The van der Waals surface area contributed by atoms with Crippen molar-refractivity contribution in [3.05, 3.63) is 193 Å². The number of furan rings is 1. The molecule has 3 aromatic heterocycles. The van der Waals surface area contributed by atoms with Crippen LogP contribution in [-0.2, 0) is 0 Å². The Bertz CT molecular complexity index is 3360. The lowest BCUT2D eigenvalue weighted by Gasteiger charge is -2.27. The van der Waals surface area contributed by atoms with Gasteiger partial charge in [0.05, 0.1) is 22.1 Å². The van der Waals surface area contributed by atoms with Gasteiger partial charge in [-0.3, -0.25) is 0 Å². The van der Waals surface area contributed by atoms with Gasteiger partial charge in [0.2, 0.25) is 0 Å². The zero-order valence-corrected chi connectivity index (χ0v) is 30.9. The van der Waals surface area contributed by atoms with Gasteiger partial charge >= 0.3 is 0 Å². The molecule has 12 rings (SSSR count). The molecule has 0 fully saturated rings. The number of allylic oxidation sites excluding steroid dienone is 3. The minimum absolute atomic E-state index is 0.165. The van der Waals surface area contributed by atoms with Crippen LogP contribution in [0.4, 0.5) is 0 Å². The average Bonchev–Trinajstić information content (AvgIpc) is 3.93. The molecule has 6 heteroatoms. The van der Waals surface area contributed by atoms with Crippen molar-refractivity contribution in [1.82, 2.24) is 14.5 Å². The minimum atomic E-state index is -0.233. The van der Waals surface area contributed by atoms with Crippen molar-refractivity contribution in [2.45, 2.75) is 12.6 Å². The normalized spacial score (nSPS) is 16.9. The lowest BCUT2D eigenvalue weighted by Crippen LogP contribution is -2.37. The summed E-state index contributed by atoms with van der Waals surface area (Å²) in [6.45, 7) is 0. The van der Waals surface area contributed by atoms with Crippen LogP contribution >= 0.6 is 0 Å². The predicted molar refractivity (Wildman–Crippen MR) is 235 cm³/mol. The Balaban J connectivity index is 1.02. The molecule has 4 heterocycles. The molecule has 0 bridgehead atoms. The summed E-state index contributed by atoms with van der Waals surface area (Å²) in [4.78, 5) is 10.2. The number of rotatable bonds is 5. The van der Waals surface area contributed by atoms with Gasteiger partial charge in [0, 0.05) is 55.2 Å². The van der Waals surface area contributed by atoms with E-state index in [-0.39, 0.29) is 12.1 Å². The molecule has 1 aliphatic heterocycles. The van der Waals surface area contributed by atoms with E-state index in [9.17, 15) is 0 Å². The molecule has 270 valence electrons. The van der Waals surface area contributed by atoms with Crippen molar-refractivity contribution in [1.29, 1.82) is 0 Å². The molecule has 0 radical (unpaired) electrons. The molecular formula is C51H35N5O. The lowest BCUT2D eigenvalue weighted by molar-refractivity contribution is 0.642. The van der Waals surface area contributed by atoms with E-state index in [2.05, 4.69) is 190 Å². The van der Waals surface area contributed by atoms with Crippen molar-refractivity contribution < 1.29 is 4.42 Å². The quantitative estimate of drug-likeness (QED) is 0.191. The molecule has 6 nitrogen and oxygen atoms in total. The summed E-state index contributed by atoms with van der Waals surface area (Å²) in [6.07, 6.45) is 9.26. The van der Waals surface area contributed by atoms with Crippen LogP contribution in [0.3, 0.4) is 0 Å². The first-order valence-corrected chi connectivity index (χ1v) is 19.6. The first-order valence-electron chi connectivity index (χ1n) is 19.6. The van der Waals surface area contributed by atoms with E-state index in [0.717, 1.165) is 62.2 Å². The van der Waals surface area contributed by atoms with Gasteiger partial charge in [0.15, 0.2) is 5.84 Å². The van der Waals surface area contributed by atoms with Gasteiger partial charge in [-0.05, 0) is 78.7 Å². The van der Waals surface area contributed by atoms with Gasteiger partial charge in [-0.1, -0.05) is 115 Å². The second-order valence-electron chi connectivity index (χ2n) is 15.0. The van der Waals surface area contributed by atoms with Crippen molar-refractivity contribution in [3.8, 4) is 11.4 Å². The van der Waals surface area contributed by atoms with Crippen molar-refractivity contribution in [3.63, 3.8) is 0 Å². The molecule has 0 saturated heterocycles. The van der Waals surface area contributed by atoms with Crippen LogP contribution in [0.25, 0.3) is 76.9 Å². The topological polar surface area (TPSA) is 59.8 Å². The third kappa shape index (κ3) is 5.04. The number of aromatic nitrogens is 2. The predicted octanol–water partition coefficient (Wildman–Crippen LogP) is 12.4. The van der Waals surface area contributed by atoms with Crippen LogP contribution in [0.5, 0.6) is 0 Å². The summed E-state index contributed by atoms with van der Waals surface area (Å²) in [5.74, 6) is 1.79. The van der Waals surface area contributed by atoms with Gasteiger partial charge in [-0.25, -0.2) is 9.98 Å². The molecule has 2 unspecified atom stereocenters. The lowest BCUT2D eigenvalue weighted by atomic mass is 9.98. The number of nitrogens with zero attached hydrogens (tertiary/aromatic N) is 4. The third-order valence-corrected chi connectivity index (χ3v) is 11.7. The molecule has 57 heavy (non-hydrogen) atoms. The molecule has 2 atom stereocenters. The standard InChI is InChI=1S/C51H35N5O/c1-4-14-32(15-5-1)49-52-50(33-16-6-2-7-17-33)54-51(53-49)34-24-26-39-42-29-36(25-27-47(42)57-48(39)28-34)56-44-23-13-11-21-38(44)41-30-40-37-20-10-12-22-43(37)55(45(40)31-46(41)56)35-18-8-3-9-19-35/h1-16,18-31,33,49H,17H2,(H,52,53,54). The number of fused-ring (bicyclic) bond motifs is 9. The van der Waals surface area contributed by atoms with Crippen LogP contribution in [0.15, 0.2) is 196 Å². The van der Waals surface area contributed by atoms with E-state index < -0.39 is 0 Å². The van der Waals surface area contributed by atoms with Gasteiger partial charge in [0.1, 0.15) is 23.2 Å². The maximum absolute atomic E-state index is 6.59. The van der Waals surface area contributed by atoms with E-state index in [1.165, 1.54) is 38.1 Å². The Kier molecular flexibility index (Phi) is 7.01. The van der Waals surface area contributed by atoms with Crippen LogP contribution in [-0.4, -0.2) is 20.8 Å². The highest BCUT2D eigenvalue weighted by Gasteiger charge is 2.25. The monoisotopic (exact) mass is 733 g/mol. The van der Waals surface area contributed by atoms with E-state index in [4.69, 9.17) is 14.4 Å². The SMILES string of the molecule is C1=CCC(C2=NC(c3ccc4c(c3)oc3ccc(-n5c6ccccc6c6cc7c8ccccc8n(-c8ccccc8)c7cc65)cc34)=NC(c3ccccc3)N2)C=C1. The van der Waals surface area contributed by atoms with E-state index >= 15 is 0 Å². The Labute approximate surface area is 328 Å². The Morgan fingerprint density at radius 1 is 0.526 bits per heavy atom. The maximum Gasteiger partial charge on any atom is 0.159 e. The molecule has 0 amide bonds. The van der Waals surface area contributed by atoms with Crippen molar-refractivity contribution in [2.75, 3.05) is 0 Å². The molecule has 0 saturated carbocycles. The Hall–Kier alpha value is -7.44. The van der Waals surface area contributed by atoms with E-state index in [0.29, 0.717) is 5.84 Å². The number of nitrogens with one attached hydrogen (secondary N) is 1. The van der Waals surface area contributed by atoms with Crippen LogP contribution in [0, 0.1) is 5.92 Å². The van der Waals surface area contributed by atoms with E-state index in [1.807, 2.05) is 6.07 Å². The largest absolute Gasteiger partial charge is 0.456 e. The number of para-hydroxylation sites is 3. The highest BCUT2D eigenvalue weighted by atomic mass is 16.3. The fraction of sp³-hybridized carbons (Fsp3) is 0.0588. The zero-order chi connectivity index (χ0) is 37.5. The van der Waals surface area contributed by atoms with Crippen molar-refractivity contribution in [2.24, 2.45) is 15.9 Å². The number of benzene rings is 7. The molecular weight excluding hydrogens is 699 g/mol. The molecule has 2 aliphatic rings. The summed E-state index contributed by atoms with van der Waals surface area (Å²) < 4.78 is 11.4. The average molecular weight is 734 g/mol. The second kappa shape index (κ2) is 12.5. The van der Waals surface area contributed by atoms with Gasteiger partial charge in [-0.15, -0.1) is 0 Å². The molecule has 1 N–H and O–H groups in total. The van der Waals surface area contributed by atoms with Gasteiger partial charge in [-0.2, -0.15) is 0 Å². The number of aliphatic imine (C=N–C) groups is 2. The van der Waals surface area contributed by atoms with Crippen molar-refractivity contribution >= 4 is 77.2 Å². The number of hydrogen-bond acceptors (Lipinski definition) is 4. The summed E-state index contributed by atoms with van der Waals surface area (Å²) in [7, 11) is 0. The Morgan fingerprint density at radius 3 is 1.96 bits per heavy atom. The summed E-state index contributed by atoms with van der Waals surface area (Å²) in [6, 6.07) is 56.2. The minimum Gasteiger partial charge on any atom is -0.456 e. The van der Waals surface area contributed by atoms with E-state index in [1.54, 1.807) is 0 Å². The number of amidine groups is 2. The maximum atomic E-state index is 6.59. The number of hydrogen-bond donors (Lipinski definition) is 1. The van der Waals surface area contributed by atoms with Crippen LogP contribution in [0.2, 0.25) is 0 Å². The van der Waals surface area contributed by atoms with Gasteiger partial charge < -0.3 is 18.9 Å². The zero-order valence-electron chi connectivity index (χ0n) is 30.9. The highest BCUT2D eigenvalue weighted by Crippen LogP contribution is 2.41. The second-order valence-corrected chi connectivity index (χ2v) is 15.0. The third-order valence-electron chi connectivity index (χ3n) is 11.7. The molecule has 10 aromatic rings.